The predicted octanol–water partition coefficient (Wildman–Crippen LogP) is 17.9. The van der Waals surface area contributed by atoms with Crippen molar-refractivity contribution in [1.82, 2.24) is 0 Å². The summed E-state index contributed by atoms with van der Waals surface area (Å²) in [5.74, 6) is 0. The van der Waals surface area contributed by atoms with Crippen LogP contribution in [0.2, 0.25) is 0 Å². The molecule has 12 rings (SSSR count). The maximum Gasteiger partial charge on any atom is 0.0714 e. The Morgan fingerprint density at radius 2 is 0.618 bits per heavy atom. The lowest BCUT2D eigenvalue weighted by Crippen LogP contribution is -2.28. The van der Waals surface area contributed by atoms with Gasteiger partial charge in [-0.3, -0.25) is 0 Å². The number of hydrogen-bond donors (Lipinski definition) is 0. The van der Waals surface area contributed by atoms with E-state index in [-0.39, 0.29) is 0 Å². The minimum absolute atomic E-state index is 0.565. The van der Waals surface area contributed by atoms with Gasteiger partial charge in [0, 0.05) is 16.8 Å². The molecule has 0 aromatic heterocycles. The third kappa shape index (κ3) is 6.96. The smallest absolute Gasteiger partial charge is 0.0714 e. The Balaban J connectivity index is 1.18. The molecule has 0 radical (unpaired) electrons. The van der Waals surface area contributed by atoms with Crippen molar-refractivity contribution >= 4 is 17.1 Å². The fourth-order valence-electron chi connectivity index (χ4n) is 10.8. The summed E-state index contributed by atoms with van der Waals surface area (Å²) < 4.78 is 0. The Hall–Kier alpha value is -8.78. The number of para-hydroxylation sites is 1. The lowest BCUT2D eigenvalue weighted by atomic mass is 9.68. The molecule has 0 unspecified atom stereocenters. The van der Waals surface area contributed by atoms with Crippen LogP contribution in [0.4, 0.5) is 17.1 Å². The van der Waals surface area contributed by atoms with E-state index in [1.807, 2.05) is 0 Å². The first-order valence-electron chi connectivity index (χ1n) is 23.5. The lowest BCUT2D eigenvalue weighted by Gasteiger charge is -2.35. The van der Waals surface area contributed by atoms with Crippen molar-refractivity contribution in [1.29, 1.82) is 0 Å². The van der Waals surface area contributed by atoms with Gasteiger partial charge >= 0.3 is 0 Å². The van der Waals surface area contributed by atoms with Gasteiger partial charge in [0.1, 0.15) is 0 Å². The highest BCUT2D eigenvalue weighted by molar-refractivity contribution is 6.02. The minimum Gasteiger partial charge on any atom is -0.309 e. The Morgan fingerprint density at radius 1 is 0.235 bits per heavy atom. The highest BCUT2D eigenvalue weighted by atomic mass is 15.1. The Morgan fingerprint density at radius 3 is 1.18 bits per heavy atom. The van der Waals surface area contributed by atoms with Gasteiger partial charge in [-0.25, -0.2) is 0 Å². The van der Waals surface area contributed by atoms with E-state index in [4.69, 9.17) is 0 Å². The predicted molar refractivity (Wildman–Crippen MR) is 286 cm³/mol. The van der Waals surface area contributed by atoms with E-state index in [2.05, 4.69) is 290 Å². The molecule has 11 aromatic carbocycles. The number of anilines is 3. The lowest BCUT2D eigenvalue weighted by molar-refractivity contribution is 0.768. The molecule has 68 heavy (non-hydrogen) atoms. The average molecular weight is 866 g/mol. The molecule has 1 nitrogen and oxygen atoms in total. The van der Waals surface area contributed by atoms with Gasteiger partial charge in [-0.15, -0.1) is 0 Å². The quantitative estimate of drug-likeness (QED) is 0.132. The molecule has 0 saturated carbocycles. The van der Waals surface area contributed by atoms with Crippen LogP contribution in [0.25, 0.3) is 66.8 Å². The summed E-state index contributed by atoms with van der Waals surface area (Å²) in [5.41, 5.74) is 21.9. The molecule has 0 fully saturated rings. The van der Waals surface area contributed by atoms with Gasteiger partial charge in [-0.2, -0.15) is 0 Å². The average Bonchev–Trinajstić information content (AvgIpc) is 3.74. The zero-order valence-electron chi connectivity index (χ0n) is 37.6. The molecule has 0 saturated heterocycles. The number of hydrogen-bond acceptors (Lipinski definition) is 1. The highest BCUT2D eigenvalue weighted by Gasteiger charge is 2.47. The normalized spacial score (nSPS) is 12.2. The van der Waals surface area contributed by atoms with Crippen molar-refractivity contribution < 1.29 is 0 Å². The first-order chi connectivity index (χ1) is 33.8. The van der Waals surface area contributed by atoms with Crippen molar-refractivity contribution in [3.8, 4) is 66.8 Å². The largest absolute Gasteiger partial charge is 0.309 e. The third-order valence-electron chi connectivity index (χ3n) is 13.8. The van der Waals surface area contributed by atoms with Gasteiger partial charge in [0.25, 0.3) is 0 Å². The molecular weight excluding hydrogens is 819 g/mol. The summed E-state index contributed by atoms with van der Waals surface area (Å²) in [6, 6.07) is 104. The van der Waals surface area contributed by atoms with Crippen molar-refractivity contribution in [2.24, 2.45) is 0 Å². The Labute approximate surface area is 399 Å². The number of nitrogens with zero attached hydrogens (tertiary/aromatic N) is 1. The molecule has 0 amide bonds. The molecule has 0 atom stereocenters. The summed E-state index contributed by atoms with van der Waals surface area (Å²) in [6.45, 7) is 0. The summed E-state index contributed by atoms with van der Waals surface area (Å²) in [6.07, 6.45) is 0. The summed E-state index contributed by atoms with van der Waals surface area (Å²) >= 11 is 0. The van der Waals surface area contributed by atoms with Crippen LogP contribution in [-0.2, 0) is 5.41 Å². The molecule has 0 spiro atoms. The van der Waals surface area contributed by atoms with Crippen molar-refractivity contribution in [2.75, 3.05) is 4.90 Å². The molecule has 0 N–H and O–H groups in total. The monoisotopic (exact) mass is 865 g/mol. The van der Waals surface area contributed by atoms with Crippen LogP contribution in [0.15, 0.2) is 285 Å². The van der Waals surface area contributed by atoms with Gasteiger partial charge < -0.3 is 4.90 Å². The second kappa shape index (κ2) is 17.5. The SMILES string of the molecule is c1ccc(-c2cc(-c3ccccc3)cc(N(c3ccccc3-c3ccccc3-c3ccccc3-c3ccccc3)c3cccc4c3-c3ccccc3C4(c3ccccc3)c3ccccc3)c2)cc1. The van der Waals surface area contributed by atoms with E-state index in [9.17, 15) is 0 Å². The maximum atomic E-state index is 2.55. The van der Waals surface area contributed by atoms with Gasteiger partial charge in [-0.05, 0) is 108 Å². The molecule has 0 heterocycles. The topological polar surface area (TPSA) is 3.24 Å². The Bertz CT molecular complexity index is 3450. The Kier molecular flexibility index (Phi) is 10.5. The molecule has 1 heteroatoms. The van der Waals surface area contributed by atoms with Crippen LogP contribution in [0.3, 0.4) is 0 Å². The highest BCUT2D eigenvalue weighted by Crippen LogP contribution is 2.60. The van der Waals surface area contributed by atoms with Crippen molar-refractivity contribution in [3.63, 3.8) is 0 Å². The maximum absolute atomic E-state index is 2.55. The summed E-state index contributed by atoms with van der Waals surface area (Å²) in [7, 11) is 0. The van der Waals surface area contributed by atoms with Crippen molar-refractivity contribution in [3.05, 3.63) is 307 Å². The van der Waals surface area contributed by atoms with E-state index >= 15 is 0 Å². The minimum atomic E-state index is -0.565. The second-order valence-electron chi connectivity index (χ2n) is 17.5. The number of fused-ring (bicyclic) bond motifs is 3. The third-order valence-corrected chi connectivity index (χ3v) is 13.8. The molecule has 1 aliphatic rings. The second-order valence-corrected chi connectivity index (χ2v) is 17.5. The summed E-state index contributed by atoms with van der Waals surface area (Å²) in [4.78, 5) is 2.55. The zero-order chi connectivity index (χ0) is 45.3. The van der Waals surface area contributed by atoms with Crippen LogP contribution < -0.4 is 4.90 Å². The van der Waals surface area contributed by atoms with Gasteiger partial charge in [-0.1, -0.05) is 255 Å². The van der Waals surface area contributed by atoms with E-state index < -0.39 is 5.41 Å². The van der Waals surface area contributed by atoms with Crippen LogP contribution >= 0.6 is 0 Å². The molecule has 0 bridgehead atoms. The van der Waals surface area contributed by atoms with E-state index in [0.29, 0.717) is 0 Å². The zero-order valence-corrected chi connectivity index (χ0v) is 37.6. The summed E-state index contributed by atoms with van der Waals surface area (Å²) in [5, 5.41) is 0. The van der Waals surface area contributed by atoms with E-state index in [0.717, 1.165) is 39.3 Å². The number of benzene rings is 11. The molecular formula is C67H47N. The fourth-order valence-corrected chi connectivity index (χ4v) is 10.8. The van der Waals surface area contributed by atoms with Gasteiger partial charge in [0.05, 0.1) is 16.8 Å². The molecule has 1 aliphatic carbocycles. The first kappa shape index (κ1) is 40.7. The number of rotatable bonds is 10. The van der Waals surface area contributed by atoms with Crippen LogP contribution in [0.5, 0.6) is 0 Å². The first-order valence-corrected chi connectivity index (χ1v) is 23.5. The van der Waals surface area contributed by atoms with E-state index in [1.165, 1.54) is 66.8 Å². The molecule has 11 aromatic rings. The van der Waals surface area contributed by atoms with Gasteiger partial charge in [0.15, 0.2) is 0 Å². The standard InChI is InChI=1S/C67H47N/c1-6-25-48(26-7-1)51-45-52(49-27-8-2-9-28-49)47-55(46-51)68(64-43-23-21-39-60(64)59-38-19-18-37-58(59)57-36-17-16-35-56(57)50-29-10-3-11-30-50)65-44-24-42-63-66(65)61-40-20-22-41-62(61)67(63,53-31-12-4-13-32-53)54-33-14-5-15-34-54/h1-47H. The molecule has 0 aliphatic heterocycles. The van der Waals surface area contributed by atoms with Crippen LogP contribution in [0, 0.1) is 0 Å². The van der Waals surface area contributed by atoms with Crippen LogP contribution in [0.1, 0.15) is 22.3 Å². The van der Waals surface area contributed by atoms with Crippen molar-refractivity contribution in [2.45, 2.75) is 5.41 Å². The van der Waals surface area contributed by atoms with Crippen LogP contribution in [-0.4, -0.2) is 0 Å². The fraction of sp³-hybridized carbons (Fsp3) is 0.0149. The van der Waals surface area contributed by atoms with E-state index in [1.54, 1.807) is 0 Å². The van der Waals surface area contributed by atoms with Gasteiger partial charge in [0.2, 0.25) is 0 Å². The molecule has 320 valence electrons.